The second-order valence-corrected chi connectivity index (χ2v) is 5.98. The van der Waals surface area contributed by atoms with Crippen molar-refractivity contribution in [3.63, 3.8) is 0 Å². The van der Waals surface area contributed by atoms with Crippen molar-refractivity contribution in [2.45, 2.75) is 38.4 Å². The Morgan fingerprint density at radius 3 is 2.73 bits per heavy atom. The van der Waals surface area contributed by atoms with Crippen LogP contribution in [0.2, 0.25) is 0 Å². The molecule has 1 N–H and O–H groups in total. The summed E-state index contributed by atoms with van der Waals surface area (Å²) in [4.78, 5) is 11.9. The van der Waals surface area contributed by atoms with E-state index in [9.17, 15) is 9.18 Å². The van der Waals surface area contributed by atoms with Gasteiger partial charge < -0.3 is 9.88 Å². The smallest absolute Gasteiger partial charge is 0.234 e. The van der Waals surface area contributed by atoms with Crippen LogP contribution >= 0.6 is 11.8 Å². The zero-order valence-electron chi connectivity index (χ0n) is 12.8. The molecule has 1 heterocycles. The number of thioether (sulfide) groups is 1. The number of hydrogen-bond donors (Lipinski definition) is 1. The monoisotopic (exact) mass is 322 g/mol. The number of halogens is 1. The molecule has 0 aliphatic rings. The third-order valence-corrected chi connectivity index (χ3v) is 3.99. The van der Waals surface area contributed by atoms with E-state index in [-0.39, 0.29) is 23.4 Å². The van der Waals surface area contributed by atoms with E-state index in [0.717, 1.165) is 12.2 Å². The van der Waals surface area contributed by atoms with Crippen LogP contribution in [0.15, 0.2) is 29.4 Å². The number of carbonyl (C=O) groups is 1. The van der Waals surface area contributed by atoms with Crippen molar-refractivity contribution in [3.05, 3.63) is 35.9 Å². The first-order valence-corrected chi connectivity index (χ1v) is 8.12. The first-order chi connectivity index (χ1) is 10.5. The van der Waals surface area contributed by atoms with Gasteiger partial charge in [-0.1, -0.05) is 30.8 Å². The highest BCUT2D eigenvalue weighted by molar-refractivity contribution is 7.99. The Kier molecular flexibility index (Phi) is 5.54. The van der Waals surface area contributed by atoms with Crippen molar-refractivity contribution in [1.82, 2.24) is 14.8 Å². The maximum absolute atomic E-state index is 13.5. The Labute approximate surface area is 133 Å². The fourth-order valence-electron chi connectivity index (χ4n) is 2.04. The van der Waals surface area contributed by atoms with E-state index in [2.05, 4.69) is 15.5 Å². The molecule has 0 atom stereocenters. The predicted octanol–water partition coefficient (Wildman–Crippen LogP) is 3.29. The van der Waals surface area contributed by atoms with Gasteiger partial charge in [0.05, 0.1) is 11.4 Å². The number of aromatic nitrogens is 3. The Morgan fingerprint density at radius 1 is 1.36 bits per heavy atom. The Hall–Kier alpha value is -1.89. The minimum absolute atomic E-state index is 0.156. The van der Waals surface area contributed by atoms with Crippen LogP contribution in [0.3, 0.4) is 0 Å². The fourth-order valence-corrected chi connectivity index (χ4v) is 2.93. The lowest BCUT2D eigenvalue weighted by molar-refractivity contribution is -0.113. The molecule has 2 aromatic rings. The molecule has 2 rings (SSSR count). The number of aryl methyl sites for hydroxylation is 1. The normalized spacial score (nSPS) is 11.0. The van der Waals surface area contributed by atoms with Gasteiger partial charge in [-0.3, -0.25) is 4.79 Å². The summed E-state index contributed by atoms with van der Waals surface area (Å²) in [6.07, 6.45) is 0.785. The van der Waals surface area contributed by atoms with E-state index >= 15 is 0 Å². The molecule has 1 aromatic carbocycles. The lowest BCUT2D eigenvalue weighted by Gasteiger charge is -2.12. The summed E-state index contributed by atoms with van der Waals surface area (Å²) in [5, 5.41) is 11.5. The molecule has 0 bridgehead atoms. The fraction of sp³-hybridized carbons (Fsp3) is 0.400. The standard InChI is InChI=1S/C15H19FN4OS/c1-4-13-18-19-15(20(13)10(2)3)22-9-14(21)17-12-8-6-5-7-11(12)16/h5-8,10H,4,9H2,1-3H3,(H,17,21). The number of benzene rings is 1. The summed E-state index contributed by atoms with van der Waals surface area (Å²) in [5.41, 5.74) is 0.188. The van der Waals surface area contributed by atoms with Gasteiger partial charge in [-0.25, -0.2) is 4.39 Å². The van der Waals surface area contributed by atoms with Gasteiger partial charge in [0.2, 0.25) is 5.91 Å². The van der Waals surface area contributed by atoms with Crippen molar-refractivity contribution < 1.29 is 9.18 Å². The number of rotatable bonds is 6. The second-order valence-electron chi connectivity index (χ2n) is 5.03. The summed E-state index contributed by atoms with van der Waals surface area (Å²) >= 11 is 1.30. The van der Waals surface area contributed by atoms with Crippen molar-refractivity contribution in [3.8, 4) is 0 Å². The maximum Gasteiger partial charge on any atom is 0.234 e. The first kappa shape index (κ1) is 16.5. The third kappa shape index (κ3) is 3.85. The molecule has 1 aromatic heterocycles. The topological polar surface area (TPSA) is 59.8 Å². The number of hydrogen-bond acceptors (Lipinski definition) is 4. The maximum atomic E-state index is 13.5. The average Bonchev–Trinajstić information content (AvgIpc) is 2.91. The molecule has 0 fully saturated rings. The average molecular weight is 322 g/mol. The molecule has 0 spiro atoms. The van der Waals surface area contributed by atoms with Crippen molar-refractivity contribution in [2.24, 2.45) is 0 Å². The molecule has 1 amide bonds. The van der Waals surface area contributed by atoms with Gasteiger partial charge in [0.15, 0.2) is 5.16 Å². The van der Waals surface area contributed by atoms with Gasteiger partial charge in [-0.2, -0.15) is 0 Å². The second kappa shape index (κ2) is 7.40. The number of amides is 1. The zero-order valence-corrected chi connectivity index (χ0v) is 13.7. The lowest BCUT2D eigenvalue weighted by atomic mass is 10.3. The molecular weight excluding hydrogens is 303 g/mol. The third-order valence-electron chi connectivity index (χ3n) is 3.05. The van der Waals surface area contributed by atoms with E-state index in [4.69, 9.17) is 0 Å². The summed E-state index contributed by atoms with van der Waals surface area (Å²) in [7, 11) is 0. The van der Waals surface area contributed by atoms with Crippen LogP contribution in [0.1, 0.15) is 32.6 Å². The summed E-state index contributed by atoms with van der Waals surface area (Å²) in [6.45, 7) is 6.11. The van der Waals surface area contributed by atoms with E-state index in [1.807, 2.05) is 25.3 Å². The van der Waals surface area contributed by atoms with Crippen molar-refractivity contribution >= 4 is 23.4 Å². The van der Waals surface area contributed by atoms with E-state index in [1.165, 1.54) is 23.9 Å². The Bertz CT molecular complexity index is 657. The van der Waals surface area contributed by atoms with Crippen molar-refractivity contribution in [1.29, 1.82) is 0 Å². The number of nitrogens with one attached hydrogen (secondary N) is 1. The van der Waals surface area contributed by atoms with Crippen LogP contribution in [-0.4, -0.2) is 26.4 Å². The molecular formula is C15H19FN4OS. The van der Waals surface area contributed by atoms with E-state index < -0.39 is 5.82 Å². The number of nitrogens with zero attached hydrogens (tertiary/aromatic N) is 3. The molecule has 0 saturated carbocycles. The van der Waals surface area contributed by atoms with Gasteiger partial charge in [0.25, 0.3) is 0 Å². The molecule has 0 unspecified atom stereocenters. The molecule has 0 aliphatic carbocycles. The molecule has 22 heavy (non-hydrogen) atoms. The van der Waals surface area contributed by atoms with Crippen LogP contribution in [0.25, 0.3) is 0 Å². The molecule has 0 radical (unpaired) electrons. The molecule has 118 valence electrons. The number of carbonyl (C=O) groups excluding carboxylic acids is 1. The van der Waals surface area contributed by atoms with Gasteiger partial charge in [-0.15, -0.1) is 10.2 Å². The van der Waals surface area contributed by atoms with E-state index in [0.29, 0.717) is 5.16 Å². The highest BCUT2D eigenvalue weighted by Gasteiger charge is 2.15. The van der Waals surface area contributed by atoms with Crippen LogP contribution < -0.4 is 5.32 Å². The minimum Gasteiger partial charge on any atom is -0.323 e. The zero-order chi connectivity index (χ0) is 16.1. The molecule has 7 heteroatoms. The number of para-hydroxylation sites is 1. The van der Waals surface area contributed by atoms with Crippen LogP contribution in [0.4, 0.5) is 10.1 Å². The van der Waals surface area contributed by atoms with Gasteiger partial charge in [0, 0.05) is 12.5 Å². The van der Waals surface area contributed by atoms with Gasteiger partial charge in [0.1, 0.15) is 11.6 Å². The largest absolute Gasteiger partial charge is 0.323 e. The predicted molar refractivity (Wildman–Crippen MR) is 85.5 cm³/mol. The lowest BCUT2D eigenvalue weighted by Crippen LogP contribution is -2.16. The van der Waals surface area contributed by atoms with Crippen LogP contribution in [-0.2, 0) is 11.2 Å². The number of anilines is 1. The first-order valence-electron chi connectivity index (χ1n) is 7.13. The highest BCUT2D eigenvalue weighted by Crippen LogP contribution is 2.22. The molecule has 0 aliphatic heterocycles. The Balaban J connectivity index is 2.00. The van der Waals surface area contributed by atoms with E-state index in [1.54, 1.807) is 12.1 Å². The van der Waals surface area contributed by atoms with Crippen LogP contribution in [0, 0.1) is 5.82 Å². The summed E-state index contributed by atoms with van der Waals surface area (Å²) < 4.78 is 15.5. The SMILES string of the molecule is CCc1nnc(SCC(=O)Nc2ccccc2F)n1C(C)C. The molecule has 5 nitrogen and oxygen atoms in total. The summed E-state index contributed by atoms with van der Waals surface area (Å²) in [6, 6.07) is 6.32. The van der Waals surface area contributed by atoms with Gasteiger partial charge in [-0.05, 0) is 26.0 Å². The highest BCUT2D eigenvalue weighted by atomic mass is 32.2. The van der Waals surface area contributed by atoms with Crippen molar-refractivity contribution in [2.75, 3.05) is 11.1 Å². The van der Waals surface area contributed by atoms with Gasteiger partial charge >= 0.3 is 0 Å². The quantitative estimate of drug-likeness (QED) is 0.829. The summed E-state index contributed by atoms with van der Waals surface area (Å²) in [5.74, 6) is 0.334. The van der Waals surface area contributed by atoms with Crippen LogP contribution in [0.5, 0.6) is 0 Å². The Morgan fingerprint density at radius 2 is 2.09 bits per heavy atom. The molecule has 0 saturated heterocycles. The minimum atomic E-state index is -0.445.